The Labute approximate surface area is 154 Å². The van der Waals surface area contributed by atoms with Gasteiger partial charge in [-0.25, -0.2) is 9.78 Å². The zero-order valence-corrected chi connectivity index (χ0v) is 15.4. The lowest BCUT2D eigenvalue weighted by Crippen LogP contribution is -2.14. The molecule has 0 aliphatic rings. The maximum atomic E-state index is 12.3. The molecule has 1 N–H and O–H groups in total. The fourth-order valence-electron chi connectivity index (χ4n) is 2.29. The lowest BCUT2D eigenvalue weighted by molar-refractivity contribution is 0.0600. The molecule has 1 aromatic carbocycles. The summed E-state index contributed by atoms with van der Waals surface area (Å²) in [5.41, 5.74) is 4.71. The monoisotopic (exact) mass is 367 g/mol. The van der Waals surface area contributed by atoms with Gasteiger partial charge in [-0.2, -0.15) is 0 Å². The Hall–Kier alpha value is -3.06. The van der Waals surface area contributed by atoms with Gasteiger partial charge in [-0.3, -0.25) is 15.1 Å². The van der Waals surface area contributed by atoms with E-state index in [1.807, 2.05) is 11.4 Å². The van der Waals surface area contributed by atoms with Crippen molar-refractivity contribution in [3.8, 4) is 11.3 Å². The van der Waals surface area contributed by atoms with Crippen LogP contribution in [0.2, 0.25) is 0 Å². The molecule has 0 fully saturated rings. The molecule has 0 radical (unpaired) electrons. The van der Waals surface area contributed by atoms with Crippen molar-refractivity contribution in [2.45, 2.75) is 13.8 Å². The molecule has 132 valence electrons. The van der Waals surface area contributed by atoms with Crippen molar-refractivity contribution in [2.24, 2.45) is 0 Å². The lowest BCUT2D eigenvalue weighted by atomic mass is 10.1. The number of hydrogen-bond donors (Lipinski definition) is 1. The number of nitrogens with one attached hydrogen (secondary N) is 1. The topological polar surface area (TPSA) is 81.2 Å². The Balaban J connectivity index is 1.73. The summed E-state index contributed by atoms with van der Waals surface area (Å²) in [6.45, 7) is 4.11. The molecule has 26 heavy (non-hydrogen) atoms. The van der Waals surface area contributed by atoms with Gasteiger partial charge >= 0.3 is 5.97 Å². The zero-order chi connectivity index (χ0) is 18.7. The van der Waals surface area contributed by atoms with E-state index >= 15 is 0 Å². The van der Waals surface area contributed by atoms with Crippen molar-refractivity contribution in [3.05, 3.63) is 64.3 Å². The van der Waals surface area contributed by atoms with E-state index in [0.29, 0.717) is 5.13 Å². The summed E-state index contributed by atoms with van der Waals surface area (Å²) < 4.78 is 4.60. The first-order valence-electron chi connectivity index (χ1n) is 7.87. The summed E-state index contributed by atoms with van der Waals surface area (Å²) in [5.74, 6) is -0.884. The van der Waals surface area contributed by atoms with Crippen molar-refractivity contribution in [2.75, 3.05) is 12.4 Å². The van der Waals surface area contributed by atoms with Gasteiger partial charge in [-0.05, 0) is 43.2 Å². The van der Waals surface area contributed by atoms with E-state index in [9.17, 15) is 9.59 Å². The number of anilines is 1. The predicted molar refractivity (Wildman–Crippen MR) is 101 cm³/mol. The van der Waals surface area contributed by atoms with Crippen LogP contribution in [0.4, 0.5) is 5.13 Å². The second kappa shape index (κ2) is 7.45. The Morgan fingerprint density at radius 2 is 1.92 bits per heavy atom. The lowest BCUT2D eigenvalue weighted by Gasteiger charge is -2.03. The third-order valence-electron chi connectivity index (χ3n) is 3.94. The van der Waals surface area contributed by atoms with Crippen molar-refractivity contribution in [1.82, 2.24) is 9.97 Å². The maximum Gasteiger partial charge on any atom is 0.339 e. The Kier molecular flexibility index (Phi) is 5.09. The van der Waals surface area contributed by atoms with Crippen molar-refractivity contribution < 1.29 is 14.3 Å². The van der Waals surface area contributed by atoms with Crippen molar-refractivity contribution >= 4 is 28.3 Å². The molecule has 0 bridgehead atoms. The summed E-state index contributed by atoms with van der Waals surface area (Å²) in [7, 11) is 1.29. The summed E-state index contributed by atoms with van der Waals surface area (Å²) in [5, 5.41) is 5.11. The molecule has 0 atom stereocenters. The molecule has 0 aliphatic carbocycles. The maximum absolute atomic E-state index is 12.3. The minimum atomic E-state index is -0.498. The van der Waals surface area contributed by atoms with Crippen LogP contribution in [-0.4, -0.2) is 29.0 Å². The van der Waals surface area contributed by atoms with Gasteiger partial charge < -0.3 is 4.74 Å². The molecule has 3 aromatic rings. The van der Waals surface area contributed by atoms with E-state index in [1.54, 1.807) is 0 Å². The van der Waals surface area contributed by atoms with Gasteiger partial charge in [-0.1, -0.05) is 12.1 Å². The number of ether oxygens (including phenoxy) is 1. The number of carbonyl (C=O) groups excluding carboxylic acids is 2. The molecule has 0 saturated carbocycles. The van der Waals surface area contributed by atoms with E-state index in [1.165, 1.54) is 47.9 Å². The van der Waals surface area contributed by atoms with Gasteiger partial charge in [0.05, 0.1) is 18.4 Å². The number of nitrogens with zero attached hydrogens (tertiary/aromatic N) is 2. The summed E-state index contributed by atoms with van der Waals surface area (Å²) in [4.78, 5) is 32.1. The minimum Gasteiger partial charge on any atom is -0.465 e. The van der Waals surface area contributed by atoms with E-state index < -0.39 is 5.97 Å². The first-order valence-corrected chi connectivity index (χ1v) is 8.75. The molecule has 1 amide bonds. The van der Waals surface area contributed by atoms with Crippen LogP contribution < -0.4 is 5.32 Å². The number of carbonyl (C=O) groups is 2. The third kappa shape index (κ3) is 3.78. The molecule has 7 heteroatoms. The Bertz CT molecular complexity index is 964. The molecular formula is C19H17N3O3S. The third-order valence-corrected chi connectivity index (χ3v) is 4.70. The van der Waals surface area contributed by atoms with Gasteiger partial charge in [0.25, 0.3) is 5.91 Å². The number of rotatable bonds is 4. The number of aromatic nitrogens is 2. The molecule has 6 nitrogen and oxygen atoms in total. The highest BCUT2D eigenvalue weighted by atomic mass is 32.1. The number of thiazole rings is 1. The largest absolute Gasteiger partial charge is 0.465 e. The normalized spacial score (nSPS) is 10.4. The molecule has 0 aliphatic heterocycles. The van der Waals surface area contributed by atoms with Crippen LogP contribution in [-0.2, 0) is 4.74 Å². The average molecular weight is 367 g/mol. The summed E-state index contributed by atoms with van der Waals surface area (Å²) in [6.07, 6.45) is 1.31. The standard InChI is InChI=1S/C19H17N3O3S/c1-11-4-5-13(8-12(11)2)16-10-26-19(21-16)22-17(23)15-7-6-14(9-20-15)18(24)25-3/h4-10H,1-3H3,(H,21,22,23). The van der Waals surface area contributed by atoms with Crippen LogP contribution in [0.3, 0.4) is 0 Å². The second-order valence-corrected chi connectivity index (χ2v) is 6.57. The van der Waals surface area contributed by atoms with Gasteiger partial charge in [-0.15, -0.1) is 11.3 Å². The molecule has 3 rings (SSSR count). The summed E-state index contributed by atoms with van der Waals surface area (Å²) in [6, 6.07) is 9.10. The first kappa shape index (κ1) is 17.8. The van der Waals surface area contributed by atoms with Crippen LogP contribution in [0.1, 0.15) is 32.0 Å². The number of aryl methyl sites for hydroxylation is 2. The quantitative estimate of drug-likeness (QED) is 0.708. The number of hydrogen-bond acceptors (Lipinski definition) is 6. The van der Waals surface area contributed by atoms with E-state index in [4.69, 9.17) is 0 Å². The molecule has 0 saturated heterocycles. The van der Waals surface area contributed by atoms with Crippen molar-refractivity contribution in [3.63, 3.8) is 0 Å². The number of benzene rings is 1. The highest BCUT2D eigenvalue weighted by Crippen LogP contribution is 2.26. The Morgan fingerprint density at radius 1 is 1.12 bits per heavy atom. The molecule has 2 aromatic heterocycles. The van der Waals surface area contributed by atoms with Crippen LogP contribution in [0.25, 0.3) is 11.3 Å². The Morgan fingerprint density at radius 3 is 2.58 bits per heavy atom. The van der Waals surface area contributed by atoms with E-state index in [-0.39, 0.29) is 17.2 Å². The minimum absolute atomic E-state index is 0.195. The number of methoxy groups -OCH3 is 1. The SMILES string of the molecule is COC(=O)c1ccc(C(=O)Nc2nc(-c3ccc(C)c(C)c3)cs2)nc1. The number of pyridine rings is 1. The van der Waals surface area contributed by atoms with Gasteiger partial charge in [0.1, 0.15) is 5.69 Å². The molecule has 0 spiro atoms. The van der Waals surface area contributed by atoms with E-state index in [0.717, 1.165) is 11.3 Å². The van der Waals surface area contributed by atoms with Crippen LogP contribution >= 0.6 is 11.3 Å². The number of amides is 1. The first-order chi connectivity index (χ1) is 12.5. The molecular weight excluding hydrogens is 350 g/mol. The number of esters is 1. The van der Waals surface area contributed by atoms with Gasteiger partial charge in [0, 0.05) is 17.1 Å². The fraction of sp³-hybridized carbons (Fsp3) is 0.158. The highest BCUT2D eigenvalue weighted by Gasteiger charge is 2.13. The fourth-order valence-corrected chi connectivity index (χ4v) is 3.01. The predicted octanol–water partition coefficient (Wildman–Crippen LogP) is 3.86. The van der Waals surface area contributed by atoms with Crippen molar-refractivity contribution in [1.29, 1.82) is 0 Å². The average Bonchev–Trinajstić information content (AvgIpc) is 3.12. The second-order valence-electron chi connectivity index (χ2n) is 5.71. The van der Waals surface area contributed by atoms with Gasteiger partial charge in [0.15, 0.2) is 5.13 Å². The molecule has 0 unspecified atom stereocenters. The van der Waals surface area contributed by atoms with Crippen LogP contribution in [0.15, 0.2) is 41.9 Å². The highest BCUT2D eigenvalue weighted by molar-refractivity contribution is 7.14. The van der Waals surface area contributed by atoms with Crippen LogP contribution in [0.5, 0.6) is 0 Å². The van der Waals surface area contributed by atoms with Gasteiger partial charge in [0.2, 0.25) is 0 Å². The zero-order valence-electron chi connectivity index (χ0n) is 14.6. The van der Waals surface area contributed by atoms with E-state index in [2.05, 4.69) is 46.0 Å². The smallest absolute Gasteiger partial charge is 0.339 e. The summed E-state index contributed by atoms with van der Waals surface area (Å²) >= 11 is 1.34. The van der Waals surface area contributed by atoms with Crippen LogP contribution in [0, 0.1) is 13.8 Å². The molecule has 2 heterocycles.